The second-order valence-electron chi connectivity index (χ2n) is 8.74. The van der Waals surface area contributed by atoms with Gasteiger partial charge in [0.25, 0.3) is 5.91 Å². The fraction of sp³-hybridized carbons (Fsp3) is 0.280. The van der Waals surface area contributed by atoms with Crippen molar-refractivity contribution in [3.63, 3.8) is 0 Å². The summed E-state index contributed by atoms with van der Waals surface area (Å²) in [4.78, 5) is 15.5. The number of nitrogen functional groups attached to an aromatic ring is 1. The Morgan fingerprint density at radius 2 is 2.03 bits per heavy atom. The van der Waals surface area contributed by atoms with Gasteiger partial charge in [-0.1, -0.05) is 28.9 Å². The zero-order chi connectivity index (χ0) is 27.2. The number of halogens is 1. The molecule has 0 spiro atoms. The van der Waals surface area contributed by atoms with Crippen LogP contribution in [0.1, 0.15) is 40.2 Å². The fourth-order valence-corrected chi connectivity index (χ4v) is 4.40. The maximum absolute atomic E-state index is 13.3. The summed E-state index contributed by atoms with van der Waals surface area (Å²) in [7, 11) is 1.58. The van der Waals surface area contributed by atoms with Crippen molar-refractivity contribution >= 4 is 29.5 Å². The molecule has 1 saturated heterocycles. The fourth-order valence-electron chi connectivity index (χ4n) is 4.21. The molecule has 13 nitrogen and oxygen atoms in total. The number of methoxy groups -OCH3 is 1. The van der Waals surface area contributed by atoms with Crippen molar-refractivity contribution in [2.75, 3.05) is 25.9 Å². The van der Waals surface area contributed by atoms with Crippen molar-refractivity contribution in [1.29, 1.82) is 0 Å². The van der Waals surface area contributed by atoms with Crippen LogP contribution in [0.4, 0.5) is 5.82 Å². The van der Waals surface area contributed by atoms with Gasteiger partial charge >= 0.3 is 0 Å². The number of hydrogen-bond acceptors (Lipinski definition) is 11. The van der Waals surface area contributed by atoms with Gasteiger partial charge < -0.3 is 15.2 Å². The van der Waals surface area contributed by atoms with Crippen molar-refractivity contribution in [2.45, 2.75) is 26.0 Å². The Bertz CT molecular complexity index is 1480. The molecule has 39 heavy (non-hydrogen) atoms. The number of aromatic nitrogens is 5. The highest BCUT2D eigenvalue weighted by Crippen LogP contribution is 2.27. The summed E-state index contributed by atoms with van der Waals surface area (Å²) >= 11 is 6.20. The number of anilines is 1. The van der Waals surface area contributed by atoms with E-state index >= 15 is 0 Å². The molecular formula is C25H26ClN9O4. The molecule has 1 aliphatic heterocycles. The number of carbonyl (C=O) groups excluding carboxylic acids is 1. The molecule has 1 amide bonds. The summed E-state index contributed by atoms with van der Waals surface area (Å²) in [5, 5.41) is 20.3. The van der Waals surface area contributed by atoms with Crippen LogP contribution in [-0.4, -0.2) is 62.5 Å². The predicted molar refractivity (Wildman–Crippen MR) is 142 cm³/mol. The van der Waals surface area contributed by atoms with E-state index in [2.05, 4.69) is 40.7 Å². The van der Waals surface area contributed by atoms with E-state index in [-0.39, 0.29) is 23.9 Å². The van der Waals surface area contributed by atoms with Crippen LogP contribution in [0.2, 0.25) is 5.02 Å². The molecule has 4 aromatic rings. The number of para-hydroxylation sites is 1. The minimum Gasteiger partial charge on any atom is -0.496 e. The van der Waals surface area contributed by atoms with Gasteiger partial charge in [-0.2, -0.15) is 9.78 Å². The van der Waals surface area contributed by atoms with Gasteiger partial charge in [0.05, 0.1) is 18.3 Å². The number of nitrogens with zero attached hydrogens (tertiary/aromatic N) is 7. The monoisotopic (exact) mass is 551 g/mol. The van der Waals surface area contributed by atoms with Gasteiger partial charge in [-0.3, -0.25) is 9.69 Å². The van der Waals surface area contributed by atoms with Gasteiger partial charge in [-0.15, -0.1) is 5.10 Å². The number of likely N-dealkylation sites (tertiary alicyclic amines) is 1. The number of carbonyl (C=O) groups is 1. The number of hydrazone groups is 1. The number of benzene rings is 2. The first-order valence-corrected chi connectivity index (χ1v) is 12.5. The summed E-state index contributed by atoms with van der Waals surface area (Å²) in [6, 6.07) is 12.7. The third kappa shape index (κ3) is 5.99. The Balaban J connectivity index is 1.33. The van der Waals surface area contributed by atoms with E-state index in [4.69, 9.17) is 26.8 Å². The number of nitrogens with two attached hydrogens (primary N) is 1. The first kappa shape index (κ1) is 26.1. The third-order valence-electron chi connectivity index (χ3n) is 6.13. The summed E-state index contributed by atoms with van der Waals surface area (Å²) in [6.45, 7) is 2.50. The third-order valence-corrected chi connectivity index (χ3v) is 6.44. The zero-order valence-corrected chi connectivity index (χ0v) is 21.8. The second kappa shape index (κ2) is 11.9. The molecule has 0 aliphatic carbocycles. The standard InChI is InChI=1S/C25H26ClN9O4/c1-37-20-9-8-16(12-17(20)15-38-21-7-3-2-6-18(21)26)13-28-30-25(36)22-19(14-34-10-4-5-11-34)29-33-35(22)24-23(27)31-39-32-24/h2-3,6-9,12-13H,4-5,10-11,14-15H2,1H3,(H2,27,31)(H,30,36)/b28-13-. The summed E-state index contributed by atoms with van der Waals surface area (Å²) in [5.74, 6) is 0.718. The predicted octanol–water partition coefficient (Wildman–Crippen LogP) is 2.83. The Kier molecular flexibility index (Phi) is 7.99. The summed E-state index contributed by atoms with van der Waals surface area (Å²) in [6.07, 6.45) is 3.69. The van der Waals surface area contributed by atoms with Crippen LogP contribution in [0, 0.1) is 0 Å². The molecule has 0 unspecified atom stereocenters. The lowest BCUT2D eigenvalue weighted by Crippen LogP contribution is -2.26. The van der Waals surface area contributed by atoms with E-state index in [1.807, 2.05) is 18.2 Å². The Morgan fingerprint density at radius 3 is 2.77 bits per heavy atom. The van der Waals surface area contributed by atoms with E-state index in [9.17, 15) is 4.79 Å². The number of hydrogen-bond donors (Lipinski definition) is 2. The molecule has 0 bridgehead atoms. The molecule has 0 radical (unpaired) electrons. The lowest BCUT2D eigenvalue weighted by atomic mass is 10.1. The van der Waals surface area contributed by atoms with E-state index in [1.165, 1.54) is 10.9 Å². The number of rotatable bonds is 10. The molecule has 1 fully saturated rings. The molecule has 2 aromatic carbocycles. The minimum atomic E-state index is -0.538. The number of ether oxygens (including phenoxy) is 2. The SMILES string of the molecule is COc1ccc(/C=N\NC(=O)c2c(CN3CCCC3)nnn2-c2nonc2N)cc1COc1ccccc1Cl. The van der Waals surface area contributed by atoms with Crippen molar-refractivity contribution in [3.8, 4) is 17.3 Å². The lowest BCUT2D eigenvalue weighted by Gasteiger charge is -2.13. The molecule has 202 valence electrons. The molecule has 2 aromatic heterocycles. The second-order valence-corrected chi connectivity index (χ2v) is 9.15. The highest BCUT2D eigenvalue weighted by molar-refractivity contribution is 6.32. The van der Waals surface area contributed by atoms with Gasteiger partial charge in [0.2, 0.25) is 11.6 Å². The van der Waals surface area contributed by atoms with Crippen LogP contribution in [0.5, 0.6) is 11.5 Å². The molecule has 3 N–H and O–H groups in total. The molecule has 0 saturated carbocycles. The quantitative estimate of drug-likeness (QED) is 0.221. The van der Waals surface area contributed by atoms with E-state index in [0.29, 0.717) is 34.3 Å². The maximum Gasteiger partial charge on any atom is 0.292 e. The highest BCUT2D eigenvalue weighted by atomic mass is 35.5. The molecule has 1 aliphatic rings. The molecule has 3 heterocycles. The van der Waals surface area contributed by atoms with Crippen molar-refractivity contribution in [3.05, 3.63) is 70.0 Å². The average Bonchev–Trinajstić information content (AvgIpc) is 3.70. The van der Waals surface area contributed by atoms with E-state index in [1.54, 1.807) is 31.4 Å². The van der Waals surface area contributed by atoms with Crippen molar-refractivity contribution in [2.24, 2.45) is 5.10 Å². The van der Waals surface area contributed by atoms with Crippen molar-refractivity contribution in [1.82, 2.24) is 35.6 Å². The molecule has 5 rings (SSSR count). The normalized spacial score (nSPS) is 13.7. The largest absolute Gasteiger partial charge is 0.496 e. The maximum atomic E-state index is 13.3. The Labute approximate surface area is 228 Å². The van der Waals surface area contributed by atoms with Crippen LogP contribution in [-0.2, 0) is 13.2 Å². The summed E-state index contributed by atoms with van der Waals surface area (Å²) in [5.41, 5.74) is 10.5. The highest BCUT2D eigenvalue weighted by Gasteiger charge is 2.26. The van der Waals surface area contributed by atoms with Crippen LogP contribution in [0.25, 0.3) is 5.82 Å². The number of nitrogens with one attached hydrogen (secondary N) is 1. The van der Waals surface area contributed by atoms with Crippen LogP contribution < -0.4 is 20.6 Å². The van der Waals surface area contributed by atoms with Crippen LogP contribution >= 0.6 is 11.6 Å². The lowest BCUT2D eigenvalue weighted by molar-refractivity contribution is 0.0945. The Morgan fingerprint density at radius 1 is 1.21 bits per heavy atom. The van der Waals surface area contributed by atoms with E-state index < -0.39 is 5.91 Å². The first-order valence-electron chi connectivity index (χ1n) is 12.2. The van der Waals surface area contributed by atoms with Crippen LogP contribution in [0.3, 0.4) is 0 Å². The van der Waals surface area contributed by atoms with Crippen molar-refractivity contribution < 1.29 is 18.9 Å². The molecular weight excluding hydrogens is 526 g/mol. The van der Waals surface area contributed by atoms with Gasteiger partial charge in [-0.25, -0.2) is 10.1 Å². The summed E-state index contributed by atoms with van der Waals surface area (Å²) < 4.78 is 17.2. The molecule has 0 atom stereocenters. The Hall–Kier alpha value is -4.49. The smallest absolute Gasteiger partial charge is 0.292 e. The first-order chi connectivity index (χ1) is 19.0. The zero-order valence-electron chi connectivity index (χ0n) is 21.1. The van der Waals surface area contributed by atoms with Crippen LogP contribution in [0.15, 0.2) is 52.2 Å². The topological polar surface area (TPSA) is 159 Å². The van der Waals surface area contributed by atoms with Gasteiger partial charge in [-0.05, 0) is 72.1 Å². The van der Waals surface area contributed by atoms with Gasteiger partial charge in [0.1, 0.15) is 23.8 Å². The average molecular weight is 552 g/mol. The minimum absolute atomic E-state index is 0.0186. The van der Waals surface area contributed by atoms with Gasteiger partial charge in [0, 0.05) is 12.1 Å². The molecule has 14 heteroatoms. The van der Waals surface area contributed by atoms with Gasteiger partial charge in [0.15, 0.2) is 5.69 Å². The van der Waals surface area contributed by atoms with E-state index in [0.717, 1.165) is 31.5 Å². The number of amides is 1.